The molecule has 0 radical (unpaired) electrons. The van der Waals surface area contributed by atoms with E-state index in [-0.39, 0.29) is 11.5 Å². The van der Waals surface area contributed by atoms with Crippen LogP contribution < -0.4 is 5.32 Å². The van der Waals surface area contributed by atoms with Gasteiger partial charge in [0.1, 0.15) is 5.75 Å². The van der Waals surface area contributed by atoms with E-state index in [0.717, 1.165) is 11.1 Å². The third kappa shape index (κ3) is 5.11. The molecular formula is C24H21NO5. The fourth-order valence-electron chi connectivity index (χ4n) is 2.77. The van der Waals surface area contributed by atoms with E-state index in [0.29, 0.717) is 16.8 Å². The van der Waals surface area contributed by atoms with Gasteiger partial charge in [-0.05, 0) is 73.5 Å². The maximum atomic E-state index is 12.4. The standard InChI is InChI=1S/C24H21NO5/c1-15(26)17-7-11-21(12-8-17)25-23(28)16(2)30-24(29)20-5-3-18(4-6-20)19-9-13-22(27)14-10-19/h3-14,16,27H,1-2H3,(H,25,28). The van der Waals surface area contributed by atoms with E-state index in [1.807, 2.05) is 0 Å². The first-order valence-electron chi connectivity index (χ1n) is 9.36. The van der Waals surface area contributed by atoms with Gasteiger partial charge in [-0.1, -0.05) is 24.3 Å². The lowest BCUT2D eigenvalue weighted by atomic mass is 10.0. The van der Waals surface area contributed by atoms with Crippen LogP contribution in [0, 0.1) is 0 Å². The number of amides is 1. The Hall–Kier alpha value is -3.93. The first kappa shape index (κ1) is 20.8. The molecule has 30 heavy (non-hydrogen) atoms. The number of ether oxygens (including phenoxy) is 1. The summed E-state index contributed by atoms with van der Waals surface area (Å²) in [5, 5.41) is 12.0. The number of nitrogens with one attached hydrogen (secondary N) is 1. The van der Waals surface area contributed by atoms with Gasteiger partial charge in [-0.2, -0.15) is 0 Å². The average molecular weight is 403 g/mol. The number of rotatable bonds is 6. The number of phenols is 1. The molecule has 0 aliphatic carbocycles. The minimum atomic E-state index is -0.998. The van der Waals surface area contributed by atoms with Crippen molar-refractivity contribution in [3.8, 4) is 16.9 Å². The summed E-state index contributed by atoms with van der Waals surface area (Å²) < 4.78 is 5.26. The lowest BCUT2D eigenvalue weighted by molar-refractivity contribution is -0.123. The Labute approximate surface area is 174 Å². The number of anilines is 1. The number of carbonyl (C=O) groups is 3. The van der Waals surface area contributed by atoms with Crippen molar-refractivity contribution in [3.05, 3.63) is 83.9 Å². The van der Waals surface area contributed by atoms with Crippen molar-refractivity contribution in [1.82, 2.24) is 0 Å². The monoisotopic (exact) mass is 403 g/mol. The fourth-order valence-corrected chi connectivity index (χ4v) is 2.77. The molecular weight excluding hydrogens is 382 g/mol. The van der Waals surface area contributed by atoms with Gasteiger partial charge in [0.15, 0.2) is 11.9 Å². The summed E-state index contributed by atoms with van der Waals surface area (Å²) in [5.74, 6) is -0.964. The summed E-state index contributed by atoms with van der Waals surface area (Å²) in [7, 11) is 0. The van der Waals surface area contributed by atoms with Crippen LogP contribution in [0.1, 0.15) is 34.6 Å². The third-order valence-corrected chi connectivity index (χ3v) is 4.53. The number of hydrogen-bond donors (Lipinski definition) is 2. The first-order chi connectivity index (χ1) is 14.3. The Bertz CT molecular complexity index is 1050. The molecule has 3 aromatic rings. The molecule has 0 heterocycles. The number of aromatic hydroxyl groups is 1. The second-order valence-corrected chi connectivity index (χ2v) is 6.79. The topological polar surface area (TPSA) is 92.7 Å². The number of phenolic OH excluding ortho intramolecular Hbond substituents is 1. The molecule has 0 bridgehead atoms. The molecule has 0 aliphatic heterocycles. The van der Waals surface area contributed by atoms with Gasteiger partial charge in [0.25, 0.3) is 5.91 Å². The fraction of sp³-hybridized carbons (Fsp3) is 0.125. The largest absolute Gasteiger partial charge is 0.508 e. The minimum absolute atomic E-state index is 0.0633. The lowest BCUT2D eigenvalue weighted by Crippen LogP contribution is -2.30. The highest BCUT2D eigenvalue weighted by Crippen LogP contribution is 2.22. The summed E-state index contributed by atoms with van der Waals surface area (Å²) in [6, 6.07) is 20.0. The van der Waals surface area contributed by atoms with Crippen LogP contribution in [0.3, 0.4) is 0 Å². The van der Waals surface area contributed by atoms with Crippen molar-refractivity contribution in [1.29, 1.82) is 0 Å². The number of Topliss-reactive ketones (excluding diaryl/α,β-unsaturated/α-hetero) is 1. The normalized spacial score (nSPS) is 11.4. The molecule has 0 fully saturated rings. The summed E-state index contributed by atoms with van der Waals surface area (Å²) in [6.07, 6.45) is -0.998. The Morgan fingerprint density at radius 1 is 0.800 bits per heavy atom. The molecule has 1 unspecified atom stereocenters. The molecule has 3 rings (SSSR count). The Kier molecular flexibility index (Phi) is 6.27. The highest BCUT2D eigenvalue weighted by Gasteiger charge is 2.19. The minimum Gasteiger partial charge on any atom is -0.508 e. The van der Waals surface area contributed by atoms with E-state index >= 15 is 0 Å². The van der Waals surface area contributed by atoms with Crippen molar-refractivity contribution < 1.29 is 24.2 Å². The molecule has 2 N–H and O–H groups in total. The van der Waals surface area contributed by atoms with Crippen molar-refractivity contribution in [3.63, 3.8) is 0 Å². The molecule has 1 atom stereocenters. The van der Waals surface area contributed by atoms with Crippen LogP contribution in [0.2, 0.25) is 0 Å². The van der Waals surface area contributed by atoms with E-state index in [9.17, 15) is 19.5 Å². The van der Waals surface area contributed by atoms with Gasteiger partial charge in [-0.15, -0.1) is 0 Å². The predicted molar refractivity (Wildman–Crippen MR) is 113 cm³/mol. The van der Waals surface area contributed by atoms with Crippen molar-refractivity contribution in [2.45, 2.75) is 20.0 Å². The first-order valence-corrected chi connectivity index (χ1v) is 9.36. The number of carbonyl (C=O) groups excluding carboxylic acids is 3. The number of benzene rings is 3. The van der Waals surface area contributed by atoms with Gasteiger partial charge in [0, 0.05) is 11.3 Å². The number of ketones is 1. The van der Waals surface area contributed by atoms with Crippen LogP contribution in [-0.2, 0) is 9.53 Å². The molecule has 0 aromatic heterocycles. The maximum absolute atomic E-state index is 12.4. The van der Waals surface area contributed by atoms with Crippen LogP contribution >= 0.6 is 0 Å². The zero-order chi connectivity index (χ0) is 21.7. The molecule has 0 saturated heterocycles. The molecule has 0 spiro atoms. The van der Waals surface area contributed by atoms with E-state index < -0.39 is 18.0 Å². The van der Waals surface area contributed by atoms with Crippen LogP contribution in [0.5, 0.6) is 5.75 Å². The van der Waals surface area contributed by atoms with E-state index in [4.69, 9.17) is 4.74 Å². The van der Waals surface area contributed by atoms with Crippen LogP contribution in [0.15, 0.2) is 72.8 Å². The van der Waals surface area contributed by atoms with Crippen LogP contribution in [-0.4, -0.2) is 28.9 Å². The predicted octanol–water partition coefficient (Wildman–Crippen LogP) is 4.45. The average Bonchev–Trinajstić information content (AvgIpc) is 2.74. The Morgan fingerprint density at radius 3 is 1.83 bits per heavy atom. The smallest absolute Gasteiger partial charge is 0.338 e. The van der Waals surface area contributed by atoms with E-state index in [2.05, 4.69) is 5.32 Å². The van der Waals surface area contributed by atoms with Gasteiger partial charge in [0.05, 0.1) is 5.56 Å². The zero-order valence-corrected chi connectivity index (χ0v) is 16.6. The molecule has 152 valence electrons. The molecule has 6 nitrogen and oxygen atoms in total. The van der Waals surface area contributed by atoms with Gasteiger partial charge in [-0.25, -0.2) is 4.79 Å². The van der Waals surface area contributed by atoms with Crippen molar-refractivity contribution >= 4 is 23.3 Å². The van der Waals surface area contributed by atoms with Gasteiger partial charge >= 0.3 is 5.97 Å². The lowest BCUT2D eigenvalue weighted by Gasteiger charge is -2.14. The second kappa shape index (κ2) is 9.05. The van der Waals surface area contributed by atoms with Crippen LogP contribution in [0.25, 0.3) is 11.1 Å². The zero-order valence-electron chi connectivity index (χ0n) is 16.6. The highest BCUT2D eigenvalue weighted by atomic mass is 16.5. The number of esters is 1. The van der Waals surface area contributed by atoms with Crippen molar-refractivity contribution in [2.24, 2.45) is 0 Å². The maximum Gasteiger partial charge on any atom is 0.338 e. The van der Waals surface area contributed by atoms with E-state index in [1.54, 1.807) is 72.8 Å². The summed E-state index contributed by atoms with van der Waals surface area (Å²) in [5.41, 5.74) is 3.15. The molecule has 0 saturated carbocycles. The summed E-state index contributed by atoms with van der Waals surface area (Å²) >= 11 is 0. The third-order valence-electron chi connectivity index (χ3n) is 4.53. The van der Waals surface area contributed by atoms with E-state index in [1.165, 1.54) is 13.8 Å². The summed E-state index contributed by atoms with van der Waals surface area (Å²) in [4.78, 5) is 35.9. The SMILES string of the molecule is CC(=O)c1ccc(NC(=O)C(C)OC(=O)c2ccc(-c3ccc(O)cc3)cc2)cc1. The molecule has 0 aliphatic rings. The quantitative estimate of drug-likeness (QED) is 0.469. The molecule has 1 amide bonds. The highest BCUT2D eigenvalue weighted by molar-refractivity contribution is 5.98. The van der Waals surface area contributed by atoms with Gasteiger partial charge < -0.3 is 15.2 Å². The summed E-state index contributed by atoms with van der Waals surface area (Å²) in [6.45, 7) is 2.95. The second-order valence-electron chi connectivity index (χ2n) is 6.79. The van der Waals surface area contributed by atoms with Gasteiger partial charge in [0.2, 0.25) is 0 Å². The molecule has 3 aromatic carbocycles. The number of hydrogen-bond acceptors (Lipinski definition) is 5. The van der Waals surface area contributed by atoms with Crippen LogP contribution in [0.4, 0.5) is 5.69 Å². The van der Waals surface area contributed by atoms with Gasteiger partial charge in [-0.3, -0.25) is 9.59 Å². The molecule has 6 heteroatoms. The Balaban J connectivity index is 1.59. The van der Waals surface area contributed by atoms with Crippen molar-refractivity contribution in [2.75, 3.05) is 5.32 Å². The Morgan fingerprint density at radius 2 is 1.30 bits per heavy atom.